The zero-order valence-electron chi connectivity index (χ0n) is 12.2. The van der Waals surface area contributed by atoms with Gasteiger partial charge in [-0.15, -0.1) is 0 Å². The third-order valence-electron chi connectivity index (χ3n) is 3.21. The first kappa shape index (κ1) is 14.2. The Bertz CT molecular complexity index is 630. The highest BCUT2D eigenvalue weighted by atomic mass is 16.6. The molecule has 0 aliphatic rings. The van der Waals surface area contributed by atoms with Gasteiger partial charge in [-0.1, -0.05) is 13.3 Å². The molecule has 114 valence electrons. The fraction of sp³-hybridized carbons (Fsp3) is 0.308. The lowest BCUT2D eigenvalue weighted by Gasteiger charge is -2.14. The molecule has 9 heteroatoms. The molecule has 0 amide bonds. The first-order valence-electron chi connectivity index (χ1n) is 7.21. The highest BCUT2D eigenvalue weighted by Gasteiger charge is 2.32. The number of nitrogens with one attached hydrogen (secondary N) is 3. The maximum absolute atomic E-state index is 5.83. The van der Waals surface area contributed by atoms with Crippen molar-refractivity contribution in [2.24, 2.45) is 0 Å². The number of hydrogen-bond acceptors (Lipinski definition) is 5. The average molecular weight is 300 g/mol. The molecular formula is C13H17BN6O2. The lowest BCUT2D eigenvalue weighted by molar-refractivity contribution is 0.417. The van der Waals surface area contributed by atoms with Crippen molar-refractivity contribution in [3.05, 3.63) is 36.3 Å². The van der Waals surface area contributed by atoms with Crippen LogP contribution in [0.1, 0.15) is 25.3 Å². The van der Waals surface area contributed by atoms with E-state index < -0.39 is 7.12 Å². The van der Waals surface area contributed by atoms with E-state index in [2.05, 4.69) is 37.5 Å². The van der Waals surface area contributed by atoms with Gasteiger partial charge in [0.15, 0.2) is 11.8 Å². The van der Waals surface area contributed by atoms with Crippen molar-refractivity contribution in [1.29, 1.82) is 0 Å². The largest absolute Gasteiger partial charge is 0.654 e. The summed E-state index contributed by atoms with van der Waals surface area (Å²) in [6.07, 6.45) is 8.15. The molecule has 3 heterocycles. The van der Waals surface area contributed by atoms with Gasteiger partial charge in [0.1, 0.15) is 0 Å². The first-order chi connectivity index (χ1) is 10.9. The van der Waals surface area contributed by atoms with E-state index in [1.165, 1.54) is 0 Å². The zero-order valence-corrected chi connectivity index (χ0v) is 12.2. The van der Waals surface area contributed by atoms with Crippen molar-refractivity contribution >= 4 is 12.7 Å². The molecular weight excluding hydrogens is 283 g/mol. The van der Waals surface area contributed by atoms with Gasteiger partial charge >= 0.3 is 7.12 Å². The van der Waals surface area contributed by atoms with E-state index in [0.29, 0.717) is 11.8 Å². The second-order valence-corrected chi connectivity index (χ2v) is 4.82. The molecule has 3 aromatic heterocycles. The number of hydrogen-bond donors (Lipinski definition) is 3. The fourth-order valence-electron chi connectivity index (χ4n) is 2.08. The summed E-state index contributed by atoms with van der Waals surface area (Å²) in [6, 6.07) is 3.46. The van der Waals surface area contributed by atoms with Crippen LogP contribution in [0.15, 0.2) is 30.7 Å². The number of rotatable bonds is 8. The molecule has 0 aliphatic carbocycles. The lowest BCUT2D eigenvalue weighted by Crippen LogP contribution is -2.45. The zero-order chi connectivity index (χ0) is 15.2. The highest BCUT2D eigenvalue weighted by molar-refractivity contribution is 6.62. The van der Waals surface area contributed by atoms with Crippen LogP contribution < -0.4 is 14.9 Å². The molecule has 22 heavy (non-hydrogen) atoms. The molecule has 0 saturated carbocycles. The van der Waals surface area contributed by atoms with E-state index in [0.717, 1.165) is 30.4 Å². The summed E-state index contributed by atoms with van der Waals surface area (Å²) in [4.78, 5) is 0. The van der Waals surface area contributed by atoms with E-state index >= 15 is 0 Å². The molecule has 0 spiro atoms. The van der Waals surface area contributed by atoms with Crippen molar-refractivity contribution in [3.63, 3.8) is 0 Å². The maximum atomic E-state index is 5.83. The van der Waals surface area contributed by atoms with Gasteiger partial charge in [-0.25, -0.2) is 10.2 Å². The van der Waals surface area contributed by atoms with Crippen LogP contribution in [0.3, 0.4) is 0 Å². The summed E-state index contributed by atoms with van der Waals surface area (Å²) in [5.41, 5.74) is 1.86. The number of nitrogens with zero attached hydrogens (tertiary/aromatic N) is 3. The SMILES string of the molecule is CCCCc1cn[nH]c1B(Oc1ccn[nH]1)Oc1ccn[nH]1. The van der Waals surface area contributed by atoms with Crippen LogP contribution in [0, 0.1) is 0 Å². The monoisotopic (exact) mass is 300 g/mol. The van der Waals surface area contributed by atoms with Crippen LogP contribution in [-0.4, -0.2) is 37.7 Å². The molecule has 0 saturated heterocycles. The molecule has 3 aromatic rings. The van der Waals surface area contributed by atoms with Crippen molar-refractivity contribution in [2.45, 2.75) is 26.2 Å². The minimum absolute atomic E-state index is 0.514. The molecule has 3 N–H and O–H groups in total. The van der Waals surface area contributed by atoms with Crippen molar-refractivity contribution in [2.75, 3.05) is 0 Å². The van der Waals surface area contributed by atoms with Gasteiger partial charge in [0, 0.05) is 12.1 Å². The van der Waals surface area contributed by atoms with E-state index in [1.54, 1.807) is 24.5 Å². The Balaban J connectivity index is 1.82. The second kappa shape index (κ2) is 6.84. The van der Waals surface area contributed by atoms with E-state index in [4.69, 9.17) is 9.31 Å². The summed E-state index contributed by atoms with van der Waals surface area (Å²) < 4.78 is 11.7. The summed E-state index contributed by atoms with van der Waals surface area (Å²) >= 11 is 0. The maximum Gasteiger partial charge on any atom is 0.654 e. The van der Waals surface area contributed by atoms with Crippen LogP contribution in [0.2, 0.25) is 0 Å². The first-order valence-corrected chi connectivity index (χ1v) is 7.21. The average Bonchev–Trinajstić information content (AvgIpc) is 3.26. The third kappa shape index (κ3) is 3.30. The summed E-state index contributed by atoms with van der Waals surface area (Å²) in [5, 5.41) is 20.4. The molecule has 0 atom stereocenters. The minimum Gasteiger partial charge on any atom is -0.507 e. The topological polar surface area (TPSA) is 104 Å². The van der Waals surface area contributed by atoms with E-state index in [1.807, 2.05) is 6.20 Å². The van der Waals surface area contributed by atoms with Crippen molar-refractivity contribution in [3.8, 4) is 11.8 Å². The summed E-state index contributed by atoms with van der Waals surface area (Å²) in [6.45, 7) is 2.15. The van der Waals surface area contributed by atoms with Gasteiger partial charge < -0.3 is 9.31 Å². The predicted molar refractivity (Wildman–Crippen MR) is 81.0 cm³/mol. The van der Waals surface area contributed by atoms with Crippen LogP contribution in [0.5, 0.6) is 11.8 Å². The molecule has 3 rings (SSSR count). The normalized spacial score (nSPS) is 10.6. The molecule has 0 unspecified atom stereocenters. The van der Waals surface area contributed by atoms with Gasteiger partial charge in [-0.3, -0.25) is 5.10 Å². The van der Waals surface area contributed by atoms with E-state index in [9.17, 15) is 0 Å². The van der Waals surface area contributed by atoms with Crippen molar-refractivity contribution < 1.29 is 9.31 Å². The quantitative estimate of drug-likeness (QED) is 0.539. The molecule has 0 fully saturated rings. The Morgan fingerprint density at radius 1 is 1.00 bits per heavy atom. The van der Waals surface area contributed by atoms with Gasteiger partial charge in [0.05, 0.1) is 24.2 Å². The van der Waals surface area contributed by atoms with Crippen LogP contribution in [0.4, 0.5) is 0 Å². The number of unbranched alkanes of at least 4 members (excludes halogenated alkanes) is 1. The summed E-state index contributed by atoms with van der Waals surface area (Å²) in [7, 11) is -0.671. The van der Waals surface area contributed by atoms with Gasteiger partial charge in [0.25, 0.3) is 0 Å². The third-order valence-corrected chi connectivity index (χ3v) is 3.21. The van der Waals surface area contributed by atoms with E-state index in [-0.39, 0.29) is 0 Å². The highest BCUT2D eigenvalue weighted by Crippen LogP contribution is 2.11. The Labute approximate surface area is 127 Å². The van der Waals surface area contributed by atoms with Gasteiger partial charge in [-0.2, -0.15) is 15.3 Å². The Morgan fingerprint density at radius 2 is 1.68 bits per heavy atom. The number of H-pyrrole nitrogens is 3. The second-order valence-electron chi connectivity index (χ2n) is 4.82. The number of aromatic amines is 3. The standard InChI is InChI=1S/C13H17BN6O2/c1-2-3-4-10-9-17-20-13(10)14(21-11-5-7-15-18-11)22-12-6-8-16-19-12/h5-9H,2-4H2,1H3,(H,15,18)(H,16,19)(H,17,20). The Kier molecular flexibility index (Phi) is 4.42. The Hall–Kier alpha value is -2.71. The molecule has 0 aromatic carbocycles. The molecule has 0 aliphatic heterocycles. The van der Waals surface area contributed by atoms with Crippen LogP contribution in [-0.2, 0) is 6.42 Å². The number of aryl methyl sites for hydroxylation is 1. The smallest absolute Gasteiger partial charge is 0.507 e. The van der Waals surface area contributed by atoms with Crippen molar-refractivity contribution in [1.82, 2.24) is 30.6 Å². The van der Waals surface area contributed by atoms with Crippen LogP contribution >= 0.6 is 0 Å². The van der Waals surface area contributed by atoms with Gasteiger partial charge in [-0.05, 0) is 18.4 Å². The van der Waals surface area contributed by atoms with Crippen LogP contribution in [0.25, 0.3) is 0 Å². The Morgan fingerprint density at radius 3 is 2.23 bits per heavy atom. The fourth-order valence-corrected chi connectivity index (χ4v) is 2.08. The van der Waals surface area contributed by atoms with Gasteiger partial charge in [0.2, 0.25) is 0 Å². The summed E-state index contributed by atoms with van der Waals surface area (Å²) in [5.74, 6) is 1.03. The molecule has 8 nitrogen and oxygen atoms in total. The lowest BCUT2D eigenvalue weighted by atomic mass is 9.80. The minimum atomic E-state index is -0.671. The molecule has 0 radical (unpaired) electrons. The molecule has 0 bridgehead atoms. The predicted octanol–water partition coefficient (Wildman–Crippen LogP) is 1.05. The number of aromatic nitrogens is 6.